The summed E-state index contributed by atoms with van der Waals surface area (Å²) in [5.74, 6) is 0.0300. The van der Waals surface area contributed by atoms with E-state index in [0.29, 0.717) is 18.0 Å². The molecule has 3 atom stereocenters. The van der Waals surface area contributed by atoms with Crippen LogP contribution >= 0.6 is 11.6 Å². The maximum atomic E-state index is 12.6. The predicted octanol–water partition coefficient (Wildman–Crippen LogP) is 3.42. The van der Waals surface area contributed by atoms with Crippen molar-refractivity contribution < 1.29 is 9.59 Å². The highest BCUT2D eigenvalue weighted by Crippen LogP contribution is 2.25. The van der Waals surface area contributed by atoms with Crippen molar-refractivity contribution in [3.63, 3.8) is 0 Å². The van der Waals surface area contributed by atoms with Gasteiger partial charge in [-0.2, -0.15) is 0 Å². The fourth-order valence-electron chi connectivity index (χ4n) is 3.75. The Bertz CT molecular complexity index is 609. The molecule has 24 heavy (non-hydrogen) atoms. The van der Waals surface area contributed by atoms with Crippen LogP contribution in [-0.2, 0) is 4.79 Å². The topological polar surface area (TPSA) is 52.7 Å². The zero-order chi connectivity index (χ0) is 17.3. The molecule has 3 amide bonds. The van der Waals surface area contributed by atoms with E-state index in [1.54, 1.807) is 17.0 Å². The number of nitrogens with one attached hydrogen (secondary N) is 1. The van der Waals surface area contributed by atoms with Crippen molar-refractivity contribution in [1.29, 1.82) is 0 Å². The minimum absolute atomic E-state index is 0.0300. The van der Waals surface area contributed by atoms with Gasteiger partial charge in [-0.05, 0) is 57.4 Å². The summed E-state index contributed by atoms with van der Waals surface area (Å²) in [4.78, 5) is 28.6. The van der Waals surface area contributed by atoms with Gasteiger partial charge in [0.2, 0.25) is 5.91 Å². The maximum Gasteiger partial charge on any atom is 0.318 e. The summed E-state index contributed by atoms with van der Waals surface area (Å²) in [6, 6.07) is 7.50. The van der Waals surface area contributed by atoms with Crippen LogP contribution in [0.5, 0.6) is 0 Å². The van der Waals surface area contributed by atoms with Gasteiger partial charge in [-0.1, -0.05) is 11.6 Å². The van der Waals surface area contributed by atoms with Crippen LogP contribution in [0.25, 0.3) is 0 Å². The highest BCUT2D eigenvalue weighted by Gasteiger charge is 2.35. The second kappa shape index (κ2) is 7.01. The van der Waals surface area contributed by atoms with E-state index in [1.807, 2.05) is 17.0 Å². The smallest absolute Gasteiger partial charge is 0.318 e. The number of carbonyl (C=O) groups is 2. The van der Waals surface area contributed by atoms with Gasteiger partial charge < -0.3 is 15.1 Å². The molecule has 0 bridgehead atoms. The monoisotopic (exact) mass is 349 g/mol. The van der Waals surface area contributed by atoms with E-state index in [0.717, 1.165) is 18.5 Å². The summed E-state index contributed by atoms with van der Waals surface area (Å²) >= 11 is 5.90. The number of hydrogen-bond donors (Lipinski definition) is 1. The van der Waals surface area contributed by atoms with Gasteiger partial charge in [0.1, 0.15) is 0 Å². The minimum atomic E-state index is -0.151. The molecule has 2 heterocycles. The van der Waals surface area contributed by atoms with Crippen molar-refractivity contribution in [2.75, 3.05) is 11.4 Å². The Morgan fingerprint density at radius 2 is 1.79 bits per heavy atom. The first kappa shape index (κ1) is 17.1. The lowest BCUT2D eigenvalue weighted by Gasteiger charge is -2.39. The molecule has 2 aliphatic rings. The van der Waals surface area contributed by atoms with E-state index in [-0.39, 0.29) is 30.1 Å². The van der Waals surface area contributed by atoms with Crippen molar-refractivity contribution in [1.82, 2.24) is 10.2 Å². The van der Waals surface area contributed by atoms with E-state index < -0.39 is 0 Å². The van der Waals surface area contributed by atoms with Crippen LogP contribution in [0.15, 0.2) is 24.3 Å². The van der Waals surface area contributed by atoms with Gasteiger partial charge in [-0.3, -0.25) is 4.79 Å². The lowest BCUT2D eigenvalue weighted by molar-refractivity contribution is -0.117. The minimum Gasteiger partial charge on any atom is -0.333 e. The number of piperidine rings is 1. The van der Waals surface area contributed by atoms with Gasteiger partial charge in [0.15, 0.2) is 0 Å². The molecule has 2 aliphatic heterocycles. The fourth-order valence-corrected chi connectivity index (χ4v) is 3.87. The lowest BCUT2D eigenvalue weighted by Crippen LogP contribution is -2.54. The standard InChI is InChI=1S/C18H24ClN3O2/c1-12-4-3-5-13(2)22(12)18(24)20-15-10-17(23)21(11-15)16-8-6-14(19)7-9-16/h6-9,12-13,15H,3-5,10-11H2,1-2H3,(H,20,24). The van der Waals surface area contributed by atoms with E-state index in [4.69, 9.17) is 11.6 Å². The molecular weight excluding hydrogens is 326 g/mol. The van der Waals surface area contributed by atoms with Crippen LogP contribution in [-0.4, -0.2) is 41.5 Å². The molecule has 3 rings (SSSR count). The first-order valence-electron chi connectivity index (χ1n) is 8.60. The first-order valence-corrected chi connectivity index (χ1v) is 8.98. The van der Waals surface area contributed by atoms with Crippen LogP contribution in [0, 0.1) is 0 Å². The number of halogens is 1. The summed E-state index contributed by atoms with van der Waals surface area (Å²) in [5, 5.41) is 3.69. The third-order valence-electron chi connectivity index (χ3n) is 5.02. The van der Waals surface area contributed by atoms with Crippen molar-refractivity contribution >= 4 is 29.2 Å². The van der Waals surface area contributed by atoms with Crippen molar-refractivity contribution in [3.8, 4) is 0 Å². The lowest BCUT2D eigenvalue weighted by atomic mass is 9.98. The normalized spacial score (nSPS) is 27.5. The van der Waals surface area contributed by atoms with Crippen LogP contribution in [0.3, 0.4) is 0 Å². The van der Waals surface area contributed by atoms with Gasteiger partial charge in [0.25, 0.3) is 0 Å². The molecule has 1 aromatic rings. The van der Waals surface area contributed by atoms with Crippen molar-refractivity contribution in [2.45, 2.75) is 57.7 Å². The van der Waals surface area contributed by atoms with Crippen molar-refractivity contribution in [2.24, 2.45) is 0 Å². The highest BCUT2D eigenvalue weighted by atomic mass is 35.5. The number of anilines is 1. The van der Waals surface area contributed by atoms with Crippen molar-refractivity contribution in [3.05, 3.63) is 29.3 Å². The number of urea groups is 1. The molecule has 0 aromatic heterocycles. The van der Waals surface area contributed by atoms with E-state index in [1.165, 1.54) is 6.42 Å². The molecule has 2 saturated heterocycles. The van der Waals surface area contributed by atoms with Gasteiger partial charge in [-0.25, -0.2) is 4.79 Å². The van der Waals surface area contributed by atoms with Gasteiger partial charge >= 0.3 is 6.03 Å². The Morgan fingerprint density at radius 3 is 2.42 bits per heavy atom. The first-order chi connectivity index (χ1) is 11.5. The second-order valence-corrected chi connectivity index (χ2v) is 7.30. The zero-order valence-corrected chi connectivity index (χ0v) is 14.9. The Labute approximate surface area is 147 Å². The van der Waals surface area contributed by atoms with Crippen LogP contribution in [0.2, 0.25) is 5.02 Å². The Morgan fingerprint density at radius 1 is 1.17 bits per heavy atom. The average Bonchev–Trinajstić information content (AvgIpc) is 2.88. The fraction of sp³-hybridized carbons (Fsp3) is 0.556. The molecule has 130 valence electrons. The average molecular weight is 350 g/mol. The predicted molar refractivity (Wildman–Crippen MR) is 95.4 cm³/mol. The summed E-state index contributed by atoms with van der Waals surface area (Å²) < 4.78 is 0. The number of hydrogen-bond acceptors (Lipinski definition) is 2. The molecule has 0 spiro atoms. The largest absolute Gasteiger partial charge is 0.333 e. The number of amides is 3. The molecule has 0 radical (unpaired) electrons. The quantitative estimate of drug-likeness (QED) is 0.889. The Balaban J connectivity index is 1.63. The molecule has 0 aliphatic carbocycles. The van der Waals surface area contributed by atoms with Gasteiger partial charge in [0.05, 0.1) is 6.04 Å². The molecule has 6 heteroatoms. The molecule has 1 aromatic carbocycles. The summed E-state index contributed by atoms with van der Waals surface area (Å²) in [6.07, 6.45) is 3.58. The van der Waals surface area contributed by atoms with E-state index in [9.17, 15) is 9.59 Å². The van der Waals surface area contributed by atoms with Crippen LogP contribution in [0.4, 0.5) is 10.5 Å². The highest BCUT2D eigenvalue weighted by molar-refractivity contribution is 6.30. The molecule has 1 N–H and O–H groups in total. The molecular formula is C18H24ClN3O2. The molecule has 2 fully saturated rings. The maximum absolute atomic E-state index is 12.6. The Kier molecular flexibility index (Phi) is 4.99. The van der Waals surface area contributed by atoms with Gasteiger partial charge in [-0.15, -0.1) is 0 Å². The van der Waals surface area contributed by atoms with Crippen LogP contribution < -0.4 is 10.2 Å². The number of benzene rings is 1. The third-order valence-corrected chi connectivity index (χ3v) is 5.27. The summed E-state index contributed by atoms with van der Waals surface area (Å²) in [6.45, 7) is 4.69. The molecule has 3 unspecified atom stereocenters. The van der Waals surface area contributed by atoms with Gasteiger partial charge in [0, 0.05) is 35.8 Å². The Hall–Kier alpha value is -1.75. The number of rotatable bonds is 2. The summed E-state index contributed by atoms with van der Waals surface area (Å²) in [5.41, 5.74) is 0.820. The number of carbonyl (C=O) groups excluding carboxylic acids is 2. The van der Waals surface area contributed by atoms with E-state index >= 15 is 0 Å². The number of nitrogens with zero attached hydrogens (tertiary/aromatic N) is 2. The zero-order valence-electron chi connectivity index (χ0n) is 14.2. The third kappa shape index (κ3) is 3.51. The molecule has 0 saturated carbocycles. The summed E-state index contributed by atoms with van der Waals surface area (Å²) in [7, 11) is 0. The SMILES string of the molecule is CC1CCCC(C)N1C(=O)NC1CC(=O)N(c2ccc(Cl)cc2)C1. The van der Waals surface area contributed by atoms with Crippen LogP contribution in [0.1, 0.15) is 39.5 Å². The molecule has 5 nitrogen and oxygen atoms in total. The van der Waals surface area contributed by atoms with E-state index in [2.05, 4.69) is 19.2 Å². The second-order valence-electron chi connectivity index (χ2n) is 6.87. The number of likely N-dealkylation sites (tertiary alicyclic amines) is 1.